The first-order chi connectivity index (χ1) is 10.5. The summed E-state index contributed by atoms with van der Waals surface area (Å²) in [4.78, 5) is 12.7. The molecule has 0 amide bonds. The van der Waals surface area contributed by atoms with Gasteiger partial charge in [-0.3, -0.25) is 0 Å². The van der Waals surface area contributed by atoms with Crippen LogP contribution in [0.4, 0.5) is 0 Å². The zero-order valence-electron chi connectivity index (χ0n) is 12.0. The average molecular weight is 386 g/mol. The number of nitrogens with zero attached hydrogens (tertiary/aromatic N) is 3. The Labute approximate surface area is 137 Å². The average Bonchev–Trinajstić information content (AvgIpc) is 3.13. The quantitative estimate of drug-likeness (QED) is 0.686. The number of hydrogen-bond acceptors (Lipinski definition) is 7. The fourth-order valence-corrected chi connectivity index (χ4v) is 3.62. The predicted octanol–water partition coefficient (Wildman–Crippen LogP) is 2.99. The molecular formula is C13H12BrN3O4S. The highest BCUT2D eigenvalue weighted by Crippen LogP contribution is 2.40. The Balaban J connectivity index is 1.99. The van der Waals surface area contributed by atoms with Gasteiger partial charge >= 0.3 is 5.76 Å². The summed E-state index contributed by atoms with van der Waals surface area (Å²) in [5.74, 6) is 0.937. The second kappa shape index (κ2) is 5.73. The lowest BCUT2D eigenvalue weighted by Crippen LogP contribution is -2.17. The van der Waals surface area contributed by atoms with Gasteiger partial charge in [0.2, 0.25) is 0 Å². The van der Waals surface area contributed by atoms with Crippen LogP contribution in [-0.2, 0) is 6.54 Å². The lowest BCUT2D eigenvalue weighted by Gasteiger charge is -1.99. The van der Waals surface area contributed by atoms with Gasteiger partial charge in [-0.1, -0.05) is 5.16 Å². The van der Waals surface area contributed by atoms with Crippen LogP contribution in [0.25, 0.3) is 10.8 Å². The number of methoxy groups -OCH3 is 1. The summed E-state index contributed by atoms with van der Waals surface area (Å²) < 4.78 is 17.7. The van der Waals surface area contributed by atoms with Crippen LogP contribution in [0.15, 0.2) is 23.6 Å². The number of aromatic nitrogens is 3. The normalized spacial score (nSPS) is 11.1. The predicted molar refractivity (Wildman–Crippen MR) is 83.4 cm³/mol. The fourth-order valence-electron chi connectivity index (χ4n) is 2.04. The van der Waals surface area contributed by atoms with Crippen molar-refractivity contribution in [2.45, 2.75) is 20.4 Å². The molecule has 0 atom stereocenters. The maximum absolute atomic E-state index is 12.0. The van der Waals surface area contributed by atoms with Gasteiger partial charge in [-0.2, -0.15) is 4.68 Å². The monoisotopic (exact) mass is 385 g/mol. The molecule has 0 saturated carbocycles. The van der Waals surface area contributed by atoms with Gasteiger partial charge in [0.05, 0.1) is 23.8 Å². The van der Waals surface area contributed by atoms with E-state index in [1.54, 1.807) is 14.0 Å². The van der Waals surface area contributed by atoms with Crippen molar-refractivity contribution in [1.29, 1.82) is 0 Å². The van der Waals surface area contributed by atoms with Crippen molar-refractivity contribution in [2.24, 2.45) is 0 Å². The van der Waals surface area contributed by atoms with Crippen molar-refractivity contribution in [1.82, 2.24) is 14.9 Å². The minimum atomic E-state index is -0.540. The number of rotatable bonds is 4. The van der Waals surface area contributed by atoms with Crippen LogP contribution in [0.3, 0.4) is 0 Å². The number of halogens is 1. The molecule has 7 nitrogen and oxygen atoms in total. The van der Waals surface area contributed by atoms with Gasteiger partial charge in [0.1, 0.15) is 10.6 Å². The molecule has 0 bridgehead atoms. The van der Waals surface area contributed by atoms with Crippen LogP contribution in [0.2, 0.25) is 0 Å². The largest absolute Gasteiger partial charge is 0.494 e. The van der Waals surface area contributed by atoms with E-state index in [0.717, 1.165) is 15.7 Å². The van der Waals surface area contributed by atoms with Gasteiger partial charge in [-0.05, 0) is 29.8 Å². The van der Waals surface area contributed by atoms with Crippen molar-refractivity contribution >= 4 is 27.3 Å². The fraction of sp³-hybridized carbons (Fsp3) is 0.308. The Morgan fingerprint density at radius 3 is 2.86 bits per heavy atom. The molecule has 0 fully saturated rings. The van der Waals surface area contributed by atoms with Gasteiger partial charge in [-0.25, -0.2) is 4.79 Å². The zero-order chi connectivity index (χ0) is 15.9. The van der Waals surface area contributed by atoms with Crippen LogP contribution in [0.1, 0.15) is 17.0 Å². The van der Waals surface area contributed by atoms with E-state index in [1.807, 2.05) is 12.3 Å². The Hall–Kier alpha value is -1.87. The van der Waals surface area contributed by atoms with Crippen LogP contribution in [0, 0.1) is 13.8 Å². The van der Waals surface area contributed by atoms with Crippen LogP contribution in [0.5, 0.6) is 5.75 Å². The number of aryl methyl sites for hydroxylation is 2. The molecule has 9 heteroatoms. The molecule has 3 rings (SSSR count). The highest BCUT2D eigenvalue weighted by atomic mass is 79.9. The minimum Gasteiger partial charge on any atom is -0.494 e. The molecule has 0 radical (unpaired) electrons. The highest BCUT2D eigenvalue weighted by Gasteiger charge is 2.20. The number of thiophene rings is 1. The van der Waals surface area contributed by atoms with Crippen molar-refractivity contribution in [3.05, 3.63) is 37.4 Å². The second-order valence-corrected chi connectivity index (χ2v) is 6.31. The van der Waals surface area contributed by atoms with Gasteiger partial charge < -0.3 is 13.7 Å². The zero-order valence-corrected chi connectivity index (χ0v) is 14.4. The molecule has 3 aromatic heterocycles. The van der Waals surface area contributed by atoms with Crippen LogP contribution in [-0.4, -0.2) is 22.0 Å². The summed E-state index contributed by atoms with van der Waals surface area (Å²) >= 11 is 4.76. The lowest BCUT2D eigenvalue weighted by molar-refractivity contribution is 0.391. The Kier molecular flexibility index (Phi) is 3.92. The molecule has 0 aliphatic heterocycles. The lowest BCUT2D eigenvalue weighted by atomic mass is 10.2. The molecule has 0 saturated heterocycles. The Bertz CT molecular complexity index is 857. The van der Waals surface area contributed by atoms with Gasteiger partial charge in [0.25, 0.3) is 5.89 Å². The first-order valence-corrected chi connectivity index (χ1v) is 7.99. The van der Waals surface area contributed by atoms with Crippen molar-refractivity contribution in [2.75, 3.05) is 7.11 Å². The summed E-state index contributed by atoms with van der Waals surface area (Å²) in [6.45, 7) is 3.86. The molecule has 0 N–H and O–H groups in total. The van der Waals surface area contributed by atoms with Gasteiger partial charge in [0, 0.05) is 10.9 Å². The van der Waals surface area contributed by atoms with E-state index in [1.165, 1.54) is 16.0 Å². The van der Waals surface area contributed by atoms with Gasteiger partial charge in [-0.15, -0.1) is 16.4 Å². The topological polar surface area (TPSA) is 83.3 Å². The van der Waals surface area contributed by atoms with Gasteiger partial charge in [0.15, 0.2) is 5.75 Å². The summed E-state index contributed by atoms with van der Waals surface area (Å²) in [6.07, 6.45) is 0. The van der Waals surface area contributed by atoms with Crippen molar-refractivity contribution < 1.29 is 13.7 Å². The summed E-state index contributed by atoms with van der Waals surface area (Å²) in [7, 11) is 1.55. The van der Waals surface area contributed by atoms with E-state index in [9.17, 15) is 4.79 Å². The summed E-state index contributed by atoms with van der Waals surface area (Å²) in [6, 6.07) is 0. The maximum atomic E-state index is 12.0. The van der Waals surface area contributed by atoms with E-state index in [4.69, 9.17) is 13.7 Å². The second-order valence-electron chi connectivity index (χ2n) is 4.58. The molecule has 116 valence electrons. The molecule has 0 spiro atoms. The summed E-state index contributed by atoms with van der Waals surface area (Å²) in [5, 5.41) is 9.95. The number of hydrogen-bond donors (Lipinski definition) is 0. The highest BCUT2D eigenvalue weighted by molar-refractivity contribution is 9.10. The Morgan fingerprint density at radius 2 is 2.23 bits per heavy atom. The van der Waals surface area contributed by atoms with Crippen LogP contribution < -0.4 is 10.5 Å². The molecule has 0 aliphatic rings. The van der Waals surface area contributed by atoms with E-state index < -0.39 is 5.76 Å². The third kappa shape index (κ3) is 2.50. The van der Waals surface area contributed by atoms with E-state index in [-0.39, 0.29) is 12.4 Å². The molecule has 3 aromatic rings. The summed E-state index contributed by atoms with van der Waals surface area (Å²) in [5.41, 5.74) is 1.55. The van der Waals surface area contributed by atoms with E-state index >= 15 is 0 Å². The molecular weight excluding hydrogens is 374 g/mol. The maximum Gasteiger partial charge on any atom is 0.437 e. The van der Waals surface area contributed by atoms with E-state index in [0.29, 0.717) is 16.4 Å². The molecule has 0 unspecified atom stereocenters. The minimum absolute atomic E-state index is 0.226. The molecule has 3 heterocycles. The van der Waals surface area contributed by atoms with Crippen LogP contribution >= 0.6 is 27.3 Å². The first kappa shape index (κ1) is 15.0. The SMILES string of the molecule is COc1c(Br)csc1-c1nn(Cc2c(C)noc2C)c(=O)o1. The van der Waals surface area contributed by atoms with Crippen molar-refractivity contribution in [3.8, 4) is 16.5 Å². The molecule has 22 heavy (non-hydrogen) atoms. The Morgan fingerprint density at radius 1 is 1.45 bits per heavy atom. The smallest absolute Gasteiger partial charge is 0.437 e. The third-order valence-electron chi connectivity index (χ3n) is 3.20. The molecule has 0 aliphatic carbocycles. The standard InChI is InChI=1S/C13H12BrN3O4S/c1-6-8(7(2)21-16-6)4-17-13(18)20-12(15-17)11-10(19-3)9(14)5-22-11/h5H,4H2,1-3H3. The number of ether oxygens (including phenoxy) is 1. The first-order valence-electron chi connectivity index (χ1n) is 6.32. The molecule has 0 aromatic carbocycles. The van der Waals surface area contributed by atoms with E-state index in [2.05, 4.69) is 26.2 Å². The third-order valence-corrected chi connectivity index (χ3v) is 5.04. The van der Waals surface area contributed by atoms with Crippen molar-refractivity contribution in [3.63, 3.8) is 0 Å².